The highest BCUT2D eigenvalue weighted by Gasteiger charge is 2.22. The lowest BCUT2D eigenvalue weighted by Gasteiger charge is -2.21. The van der Waals surface area contributed by atoms with E-state index in [0.717, 1.165) is 5.56 Å². The Morgan fingerprint density at radius 2 is 1.96 bits per heavy atom. The number of carbonyl (C=O) groups is 1. The predicted octanol–water partition coefficient (Wildman–Crippen LogP) is 2.29. The maximum absolute atomic E-state index is 14.6. The van der Waals surface area contributed by atoms with Gasteiger partial charge in [-0.15, -0.1) is 0 Å². The van der Waals surface area contributed by atoms with E-state index >= 15 is 0 Å². The zero-order valence-corrected chi connectivity index (χ0v) is 13.1. The van der Waals surface area contributed by atoms with Crippen LogP contribution in [0.5, 0.6) is 0 Å². The third kappa shape index (κ3) is 3.29. The second kappa shape index (κ2) is 7.07. The molecule has 1 aliphatic heterocycles. The van der Waals surface area contributed by atoms with Crippen molar-refractivity contribution in [2.45, 2.75) is 18.9 Å². The van der Waals surface area contributed by atoms with Gasteiger partial charge in [0.15, 0.2) is 0 Å². The van der Waals surface area contributed by atoms with Crippen LogP contribution in [0.15, 0.2) is 36.4 Å². The Morgan fingerprint density at radius 3 is 2.67 bits per heavy atom. The van der Waals surface area contributed by atoms with E-state index < -0.39 is 17.6 Å². The monoisotopic (exact) mass is 331 g/mol. The minimum absolute atomic E-state index is 0.0495. The van der Waals surface area contributed by atoms with Crippen LogP contribution in [0.3, 0.4) is 0 Å². The zero-order chi connectivity index (χ0) is 17.1. The summed E-state index contributed by atoms with van der Waals surface area (Å²) in [5.41, 5.74) is 7.98. The van der Waals surface area contributed by atoms with Gasteiger partial charge in [-0.05, 0) is 47.9 Å². The first-order valence-electron chi connectivity index (χ1n) is 7.87. The Kier molecular flexibility index (Phi) is 4.87. The molecular formula is C18H19F2N3O. The average molecular weight is 331 g/mol. The Labute approximate surface area is 139 Å². The van der Waals surface area contributed by atoms with Crippen molar-refractivity contribution < 1.29 is 13.6 Å². The van der Waals surface area contributed by atoms with E-state index in [1.165, 1.54) is 24.3 Å². The van der Waals surface area contributed by atoms with E-state index in [4.69, 9.17) is 5.73 Å². The highest BCUT2D eigenvalue weighted by Crippen LogP contribution is 2.26. The number of nitrogens with one attached hydrogen (secondary N) is 2. The van der Waals surface area contributed by atoms with Crippen molar-refractivity contribution in [1.29, 1.82) is 0 Å². The largest absolute Gasteiger partial charge is 0.329 e. The number of benzene rings is 2. The summed E-state index contributed by atoms with van der Waals surface area (Å²) in [5.74, 6) is -1.85. The Morgan fingerprint density at radius 1 is 1.21 bits per heavy atom. The summed E-state index contributed by atoms with van der Waals surface area (Å²) in [6, 6.07) is 8.96. The van der Waals surface area contributed by atoms with E-state index in [2.05, 4.69) is 10.6 Å². The molecule has 1 atom stereocenters. The second-order valence-electron chi connectivity index (χ2n) is 5.82. The van der Waals surface area contributed by atoms with Crippen molar-refractivity contribution in [2.24, 2.45) is 5.73 Å². The predicted molar refractivity (Wildman–Crippen MR) is 88.6 cm³/mol. The quantitative estimate of drug-likeness (QED) is 0.805. The molecule has 1 aliphatic rings. The summed E-state index contributed by atoms with van der Waals surface area (Å²) in [7, 11) is 0. The van der Waals surface area contributed by atoms with Crippen LogP contribution in [0.1, 0.15) is 22.6 Å². The fraction of sp³-hybridized carbons (Fsp3) is 0.278. The lowest BCUT2D eigenvalue weighted by atomic mass is 9.97. The molecule has 0 radical (unpaired) electrons. The Hall–Kier alpha value is -2.31. The number of hydrogen-bond acceptors (Lipinski definition) is 3. The van der Waals surface area contributed by atoms with E-state index in [9.17, 15) is 13.6 Å². The van der Waals surface area contributed by atoms with Crippen molar-refractivity contribution >= 4 is 11.6 Å². The number of anilines is 1. The molecule has 3 rings (SSSR count). The van der Waals surface area contributed by atoms with Crippen LogP contribution in [0.4, 0.5) is 14.5 Å². The molecule has 24 heavy (non-hydrogen) atoms. The molecule has 0 fully saturated rings. The first-order chi connectivity index (χ1) is 11.6. The van der Waals surface area contributed by atoms with Gasteiger partial charge in [0.05, 0.1) is 11.6 Å². The minimum atomic E-state index is -0.664. The summed E-state index contributed by atoms with van der Waals surface area (Å²) in [6.45, 7) is 1.39. The Bertz CT molecular complexity index is 747. The number of rotatable bonds is 4. The molecule has 0 saturated carbocycles. The van der Waals surface area contributed by atoms with Crippen LogP contribution in [0, 0.1) is 11.6 Å². The number of hydrogen-bond donors (Lipinski definition) is 3. The van der Waals surface area contributed by atoms with Crippen LogP contribution in [0.2, 0.25) is 0 Å². The first-order valence-corrected chi connectivity index (χ1v) is 7.87. The molecule has 6 heteroatoms. The van der Waals surface area contributed by atoms with Gasteiger partial charge in [0.2, 0.25) is 5.91 Å². The van der Waals surface area contributed by atoms with Gasteiger partial charge in [-0.1, -0.05) is 18.2 Å². The van der Waals surface area contributed by atoms with Crippen molar-refractivity contribution in [3.63, 3.8) is 0 Å². The smallest absolute Gasteiger partial charge is 0.233 e. The lowest BCUT2D eigenvalue weighted by molar-refractivity contribution is -0.117. The molecule has 1 heterocycles. The molecule has 2 aromatic carbocycles. The summed E-state index contributed by atoms with van der Waals surface area (Å²) in [4.78, 5) is 12.5. The fourth-order valence-electron chi connectivity index (χ4n) is 2.94. The summed E-state index contributed by atoms with van der Waals surface area (Å²) in [6.07, 6.45) is 0.586. The van der Waals surface area contributed by atoms with Crippen LogP contribution < -0.4 is 16.4 Å². The highest BCUT2D eigenvalue weighted by atomic mass is 19.1. The molecule has 4 nitrogen and oxygen atoms in total. The van der Waals surface area contributed by atoms with Crippen LogP contribution in [-0.2, 0) is 17.8 Å². The Balaban J connectivity index is 1.82. The lowest BCUT2D eigenvalue weighted by Crippen LogP contribution is -2.29. The molecule has 4 N–H and O–H groups in total. The summed E-state index contributed by atoms with van der Waals surface area (Å²) >= 11 is 0. The fourth-order valence-corrected chi connectivity index (χ4v) is 2.94. The average Bonchev–Trinajstić information content (AvgIpc) is 2.60. The standard InChI is InChI=1S/C18H19F2N3O/c19-13-4-1-11(2-5-13)15(9-21)18(24)23-16-6-3-12-10-22-8-7-14(12)17(16)20/h1-6,15,22H,7-10,21H2,(H,23,24). The maximum Gasteiger partial charge on any atom is 0.233 e. The van der Waals surface area contributed by atoms with Gasteiger partial charge in [-0.25, -0.2) is 8.78 Å². The number of halogens is 2. The van der Waals surface area contributed by atoms with Crippen molar-refractivity contribution in [1.82, 2.24) is 5.32 Å². The molecular weight excluding hydrogens is 312 g/mol. The van der Waals surface area contributed by atoms with Crippen LogP contribution in [-0.4, -0.2) is 19.0 Å². The van der Waals surface area contributed by atoms with Gasteiger partial charge in [-0.2, -0.15) is 0 Å². The number of amides is 1. The zero-order valence-electron chi connectivity index (χ0n) is 13.1. The van der Waals surface area contributed by atoms with Gasteiger partial charge in [0, 0.05) is 13.1 Å². The topological polar surface area (TPSA) is 67.2 Å². The molecule has 0 aromatic heterocycles. The molecule has 0 saturated heterocycles. The molecule has 1 amide bonds. The third-order valence-corrected chi connectivity index (χ3v) is 4.29. The van der Waals surface area contributed by atoms with E-state index in [0.29, 0.717) is 30.6 Å². The number of nitrogens with two attached hydrogens (primary N) is 1. The SMILES string of the molecule is NCC(C(=O)Nc1ccc2c(c1F)CCNC2)c1ccc(F)cc1. The summed E-state index contributed by atoms with van der Waals surface area (Å²) in [5, 5.41) is 5.80. The normalized spacial score (nSPS) is 14.8. The number of fused-ring (bicyclic) bond motifs is 1. The van der Waals surface area contributed by atoms with Gasteiger partial charge in [0.1, 0.15) is 11.6 Å². The van der Waals surface area contributed by atoms with Gasteiger partial charge in [0.25, 0.3) is 0 Å². The highest BCUT2D eigenvalue weighted by molar-refractivity contribution is 5.96. The molecule has 1 unspecified atom stereocenters. The van der Waals surface area contributed by atoms with E-state index in [-0.39, 0.29) is 18.0 Å². The minimum Gasteiger partial charge on any atom is -0.329 e. The maximum atomic E-state index is 14.6. The second-order valence-corrected chi connectivity index (χ2v) is 5.82. The molecule has 0 aliphatic carbocycles. The van der Waals surface area contributed by atoms with Gasteiger partial charge >= 0.3 is 0 Å². The van der Waals surface area contributed by atoms with Gasteiger partial charge in [-0.3, -0.25) is 4.79 Å². The summed E-state index contributed by atoms with van der Waals surface area (Å²) < 4.78 is 27.6. The van der Waals surface area contributed by atoms with Crippen LogP contribution in [0.25, 0.3) is 0 Å². The third-order valence-electron chi connectivity index (χ3n) is 4.29. The van der Waals surface area contributed by atoms with E-state index in [1.807, 2.05) is 6.07 Å². The van der Waals surface area contributed by atoms with Crippen molar-refractivity contribution in [3.05, 3.63) is 64.7 Å². The molecule has 126 valence electrons. The number of carbonyl (C=O) groups excluding carboxylic acids is 1. The first kappa shape index (κ1) is 16.5. The van der Waals surface area contributed by atoms with Crippen molar-refractivity contribution in [3.8, 4) is 0 Å². The van der Waals surface area contributed by atoms with Crippen molar-refractivity contribution in [2.75, 3.05) is 18.4 Å². The van der Waals surface area contributed by atoms with Gasteiger partial charge < -0.3 is 16.4 Å². The van der Waals surface area contributed by atoms with Crippen LogP contribution >= 0.6 is 0 Å². The van der Waals surface area contributed by atoms with E-state index in [1.54, 1.807) is 6.07 Å². The molecule has 0 spiro atoms. The molecule has 2 aromatic rings. The molecule has 0 bridgehead atoms.